The molecule has 0 aliphatic rings. The molecule has 24 heavy (non-hydrogen) atoms. The fourth-order valence-corrected chi connectivity index (χ4v) is 2.37. The molecule has 0 saturated heterocycles. The normalized spacial score (nSPS) is 10.3. The predicted molar refractivity (Wildman–Crippen MR) is 96.3 cm³/mol. The number of rotatable bonds is 7. The molecule has 0 fully saturated rings. The lowest BCUT2D eigenvalue weighted by atomic mass is 10.1. The first-order valence-corrected chi connectivity index (χ1v) is 8.20. The molecule has 1 N–H and O–H groups in total. The summed E-state index contributed by atoms with van der Waals surface area (Å²) in [6.45, 7) is 1.91. The van der Waals surface area contributed by atoms with Crippen molar-refractivity contribution in [3.8, 4) is 5.75 Å². The van der Waals surface area contributed by atoms with Crippen LogP contribution in [0.1, 0.15) is 30.1 Å². The number of anilines is 1. The molecule has 4 nitrogen and oxygen atoms in total. The molecule has 0 unspecified atom stereocenters. The van der Waals surface area contributed by atoms with Gasteiger partial charge in [-0.3, -0.25) is 9.59 Å². The molecule has 0 aliphatic heterocycles. The van der Waals surface area contributed by atoms with Crippen molar-refractivity contribution in [2.75, 3.05) is 11.9 Å². The summed E-state index contributed by atoms with van der Waals surface area (Å²) in [6, 6.07) is 12.0. The highest BCUT2D eigenvalue weighted by molar-refractivity contribution is 6.43. The Bertz CT molecular complexity index is 730. The molecule has 1 amide bonds. The zero-order valence-corrected chi connectivity index (χ0v) is 14.7. The summed E-state index contributed by atoms with van der Waals surface area (Å²) >= 11 is 11.9. The standard InChI is InChI=1S/C18H17Cl2NO3/c1-12(22)13-7-9-14(10-8-13)24-11-3-6-17(23)21-16-5-2-4-15(19)18(16)20/h2,4-5,7-10H,3,6,11H2,1H3,(H,21,23). The molecule has 0 aromatic heterocycles. The minimum atomic E-state index is -0.158. The number of ketones is 1. The quantitative estimate of drug-likeness (QED) is 0.555. The average molecular weight is 366 g/mol. The van der Waals surface area contributed by atoms with Crippen LogP contribution in [0.3, 0.4) is 0 Å². The number of ether oxygens (including phenoxy) is 1. The fourth-order valence-electron chi connectivity index (χ4n) is 2.02. The second-order valence-corrected chi connectivity index (χ2v) is 5.97. The Morgan fingerprint density at radius 2 is 1.79 bits per heavy atom. The monoisotopic (exact) mass is 365 g/mol. The number of carbonyl (C=O) groups excluding carboxylic acids is 2. The van der Waals surface area contributed by atoms with Crippen LogP contribution in [0.4, 0.5) is 5.69 Å². The van der Waals surface area contributed by atoms with E-state index >= 15 is 0 Å². The van der Waals surface area contributed by atoms with Gasteiger partial charge < -0.3 is 10.1 Å². The van der Waals surface area contributed by atoms with Gasteiger partial charge in [-0.2, -0.15) is 0 Å². The molecule has 2 aromatic carbocycles. The van der Waals surface area contributed by atoms with E-state index in [1.807, 2.05) is 0 Å². The third-order valence-electron chi connectivity index (χ3n) is 3.30. The number of hydrogen-bond acceptors (Lipinski definition) is 3. The minimum Gasteiger partial charge on any atom is -0.494 e. The second kappa shape index (κ2) is 8.71. The van der Waals surface area contributed by atoms with Gasteiger partial charge in [0, 0.05) is 12.0 Å². The van der Waals surface area contributed by atoms with Gasteiger partial charge in [-0.1, -0.05) is 29.3 Å². The van der Waals surface area contributed by atoms with Crippen molar-refractivity contribution < 1.29 is 14.3 Å². The molecule has 0 aliphatic carbocycles. The Morgan fingerprint density at radius 3 is 2.46 bits per heavy atom. The van der Waals surface area contributed by atoms with Crippen LogP contribution >= 0.6 is 23.2 Å². The molecule has 2 aromatic rings. The Morgan fingerprint density at radius 1 is 1.08 bits per heavy atom. The third kappa shape index (κ3) is 5.25. The van der Waals surface area contributed by atoms with E-state index in [1.54, 1.807) is 42.5 Å². The lowest BCUT2D eigenvalue weighted by molar-refractivity contribution is -0.116. The van der Waals surface area contributed by atoms with E-state index in [0.29, 0.717) is 46.5 Å². The fraction of sp³-hybridized carbons (Fsp3) is 0.222. The van der Waals surface area contributed by atoms with Gasteiger partial charge in [-0.25, -0.2) is 0 Å². The zero-order chi connectivity index (χ0) is 17.5. The highest BCUT2D eigenvalue weighted by Gasteiger charge is 2.08. The SMILES string of the molecule is CC(=O)c1ccc(OCCCC(=O)Nc2cccc(Cl)c2Cl)cc1. The first kappa shape index (κ1) is 18.3. The van der Waals surface area contributed by atoms with Crippen molar-refractivity contribution in [2.24, 2.45) is 0 Å². The summed E-state index contributed by atoms with van der Waals surface area (Å²) in [5.74, 6) is 0.519. The van der Waals surface area contributed by atoms with E-state index in [2.05, 4.69) is 5.32 Å². The first-order chi connectivity index (χ1) is 11.5. The van der Waals surface area contributed by atoms with E-state index in [9.17, 15) is 9.59 Å². The lowest BCUT2D eigenvalue weighted by Gasteiger charge is -2.09. The maximum absolute atomic E-state index is 11.9. The van der Waals surface area contributed by atoms with Gasteiger partial charge in [0.1, 0.15) is 5.75 Å². The number of amides is 1. The summed E-state index contributed by atoms with van der Waals surface area (Å²) in [4.78, 5) is 23.1. The van der Waals surface area contributed by atoms with Gasteiger partial charge >= 0.3 is 0 Å². The highest BCUT2D eigenvalue weighted by Crippen LogP contribution is 2.29. The van der Waals surface area contributed by atoms with Crippen molar-refractivity contribution in [3.63, 3.8) is 0 Å². The van der Waals surface area contributed by atoms with Crippen LogP contribution in [0, 0.1) is 0 Å². The smallest absolute Gasteiger partial charge is 0.224 e. The van der Waals surface area contributed by atoms with E-state index < -0.39 is 0 Å². The highest BCUT2D eigenvalue weighted by atomic mass is 35.5. The summed E-state index contributed by atoms with van der Waals surface area (Å²) in [6.07, 6.45) is 0.854. The molecule has 126 valence electrons. The van der Waals surface area contributed by atoms with Gasteiger partial charge in [0.05, 0.1) is 22.3 Å². The van der Waals surface area contributed by atoms with Crippen LogP contribution in [-0.4, -0.2) is 18.3 Å². The van der Waals surface area contributed by atoms with E-state index in [-0.39, 0.29) is 11.7 Å². The van der Waals surface area contributed by atoms with Gasteiger partial charge in [-0.05, 0) is 49.7 Å². The maximum atomic E-state index is 11.9. The van der Waals surface area contributed by atoms with E-state index in [0.717, 1.165) is 0 Å². The van der Waals surface area contributed by atoms with Crippen molar-refractivity contribution in [3.05, 3.63) is 58.1 Å². The summed E-state index contributed by atoms with van der Waals surface area (Å²) in [5.41, 5.74) is 1.13. The van der Waals surface area contributed by atoms with Gasteiger partial charge in [-0.15, -0.1) is 0 Å². The zero-order valence-electron chi connectivity index (χ0n) is 13.1. The van der Waals surface area contributed by atoms with Crippen LogP contribution in [0.25, 0.3) is 0 Å². The van der Waals surface area contributed by atoms with Crippen molar-refractivity contribution in [1.82, 2.24) is 0 Å². The second-order valence-electron chi connectivity index (χ2n) is 5.18. The first-order valence-electron chi connectivity index (χ1n) is 7.45. The predicted octanol–water partition coefficient (Wildman–Crippen LogP) is 4.99. The average Bonchev–Trinajstić information content (AvgIpc) is 2.56. The van der Waals surface area contributed by atoms with Crippen LogP contribution in [0.5, 0.6) is 5.75 Å². The van der Waals surface area contributed by atoms with Crippen LogP contribution in [-0.2, 0) is 4.79 Å². The number of Topliss-reactive ketones (excluding diaryl/α,β-unsaturated/α-hetero) is 1. The van der Waals surface area contributed by atoms with Gasteiger partial charge in [0.25, 0.3) is 0 Å². The molecular formula is C18H17Cl2NO3. The molecule has 0 atom stereocenters. The molecule has 0 spiro atoms. The molecular weight excluding hydrogens is 349 g/mol. The number of carbonyl (C=O) groups is 2. The minimum absolute atomic E-state index is 0.0119. The number of hydrogen-bond donors (Lipinski definition) is 1. The van der Waals surface area contributed by atoms with Crippen LogP contribution in [0.15, 0.2) is 42.5 Å². The molecule has 0 saturated carbocycles. The summed E-state index contributed by atoms with van der Waals surface area (Å²) < 4.78 is 5.55. The maximum Gasteiger partial charge on any atom is 0.224 e. The molecule has 2 rings (SSSR count). The Kier molecular flexibility index (Phi) is 6.64. The molecule has 6 heteroatoms. The van der Waals surface area contributed by atoms with Crippen LogP contribution in [0.2, 0.25) is 10.0 Å². The molecule has 0 heterocycles. The lowest BCUT2D eigenvalue weighted by Crippen LogP contribution is -2.13. The van der Waals surface area contributed by atoms with Gasteiger partial charge in [0.15, 0.2) is 5.78 Å². The Balaban J connectivity index is 1.74. The van der Waals surface area contributed by atoms with Crippen molar-refractivity contribution in [2.45, 2.75) is 19.8 Å². The van der Waals surface area contributed by atoms with Crippen molar-refractivity contribution in [1.29, 1.82) is 0 Å². The number of halogens is 2. The van der Waals surface area contributed by atoms with E-state index in [1.165, 1.54) is 6.92 Å². The topological polar surface area (TPSA) is 55.4 Å². The van der Waals surface area contributed by atoms with Crippen molar-refractivity contribution >= 4 is 40.6 Å². The summed E-state index contributed by atoms with van der Waals surface area (Å²) in [7, 11) is 0. The Labute approximate surface area is 150 Å². The number of nitrogens with one attached hydrogen (secondary N) is 1. The van der Waals surface area contributed by atoms with E-state index in [4.69, 9.17) is 27.9 Å². The Hall–Kier alpha value is -2.04. The molecule has 0 bridgehead atoms. The molecule has 0 radical (unpaired) electrons. The largest absolute Gasteiger partial charge is 0.494 e. The summed E-state index contributed by atoms with van der Waals surface area (Å²) in [5, 5.41) is 3.44. The van der Waals surface area contributed by atoms with Gasteiger partial charge in [0.2, 0.25) is 5.91 Å². The third-order valence-corrected chi connectivity index (χ3v) is 4.12. The number of benzene rings is 2. The van der Waals surface area contributed by atoms with Crippen LogP contribution < -0.4 is 10.1 Å².